The molecule has 2 heterocycles. The van der Waals surface area contributed by atoms with E-state index in [1.807, 2.05) is 60.4 Å². The van der Waals surface area contributed by atoms with Crippen molar-refractivity contribution in [3.8, 4) is 5.69 Å². The molecular formula is C23H23N3O3. The molecule has 6 heteroatoms. The van der Waals surface area contributed by atoms with Crippen molar-refractivity contribution in [2.45, 2.75) is 26.2 Å². The van der Waals surface area contributed by atoms with Crippen LogP contribution in [0, 0.1) is 18.3 Å². The number of benzene rings is 2. The molecule has 0 radical (unpaired) electrons. The summed E-state index contributed by atoms with van der Waals surface area (Å²) in [4.78, 5) is 30.8. The number of hydrogen-bond donors (Lipinski definition) is 1. The number of rotatable bonds is 3. The SMILES string of the molecule is Cc1nc2cc(C(=O)N3CCC4(CC3)CC4C(=O)O)ccc2n1-c1ccccc1. The Morgan fingerprint density at radius 3 is 2.48 bits per heavy atom. The molecule has 5 rings (SSSR count). The number of aryl methyl sites for hydroxylation is 1. The second-order valence-electron chi connectivity index (χ2n) is 8.28. The number of nitrogens with zero attached hydrogens (tertiary/aromatic N) is 3. The number of amides is 1. The van der Waals surface area contributed by atoms with Crippen molar-refractivity contribution in [2.24, 2.45) is 11.3 Å². The molecule has 148 valence electrons. The van der Waals surface area contributed by atoms with Gasteiger partial charge in [-0.15, -0.1) is 0 Å². The highest BCUT2D eigenvalue weighted by molar-refractivity contribution is 5.97. The van der Waals surface area contributed by atoms with Gasteiger partial charge in [0.25, 0.3) is 5.91 Å². The van der Waals surface area contributed by atoms with Crippen LogP contribution in [-0.4, -0.2) is 44.5 Å². The molecule has 2 aliphatic rings. The van der Waals surface area contributed by atoms with Gasteiger partial charge >= 0.3 is 5.97 Å². The monoisotopic (exact) mass is 389 g/mol. The van der Waals surface area contributed by atoms with Crippen LogP contribution in [0.25, 0.3) is 16.7 Å². The summed E-state index contributed by atoms with van der Waals surface area (Å²) in [5.41, 5.74) is 3.39. The fourth-order valence-electron chi connectivity index (χ4n) is 4.82. The third-order valence-electron chi connectivity index (χ3n) is 6.62. The van der Waals surface area contributed by atoms with E-state index in [0.29, 0.717) is 18.7 Å². The summed E-state index contributed by atoms with van der Waals surface area (Å²) in [6.45, 7) is 3.21. The van der Waals surface area contributed by atoms with Crippen molar-refractivity contribution >= 4 is 22.9 Å². The maximum Gasteiger partial charge on any atom is 0.307 e. The van der Waals surface area contributed by atoms with E-state index < -0.39 is 5.97 Å². The van der Waals surface area contributed by atoms with E-state index in [9.17, 15) is 14.7 Å². The molecule has 0 bridgehead atoms. The molecule has 29 heavy (non-hydrogen) atoms. The van der Waals surface area contributed by atoms with E-state index in [-0.39, 0.29) is 17.2 Å². The number of carbonyl (C=O) groups excluding carboxylic acids is 1. The zero-order chi connectivity index (χ0) is 20.2. The van der Waals surface area contributed by atoms with Crippen LogP contribution in [0.15, 0.2) is 48.5 Å². The molecule has 1 N–H and O–H groups in total. The number of carboxylic acids is 1. The second kappa shape index (κ2) is 6.44. The summed E-state index contributed by atoms with van der Waals surface area (Å²) < 4.78 is 2.09. The number of piperidine rings is 1. The average molecular weight is 389 g/mol. The lowest BCUT2D eigenvalue weighted by atomic mass is 9.90. The Morgan fingerprint density at radius 2 is 1.83 bits per heavy atom. The number of para-hydroxylation sites is 1. The number of fused-ring (bicyclic) bond motifs is 1. The van der Waals surface area contributed by atoms with Gasteiger partial charge in [-0.1, -0.05) is 18.2 Å². The number of imidazole rings is 1. The zero-order valence-electron chi connectivity index (χ0n) is 16.3. The molecule has 1 aliphatic heterocycles. The molecular weight excluding hydrogens is 366 g/mol. The first-order valence-electron chi connectivity index (χ1n) is 10.1. The zero-order valence-corrected chi connectivity index (χ0v) is 16.3. The fraction of sp³-hybridized carbons (Fsp3) is 0.348. The van der Waals surface area contributed by atoms with Crippen LogP contribution in [0.1, 0.15) is 35.4 Å². The Kier molecular flexibility index (Phi) is 3.98. The van der Waals surface area contributed by atoms with Gasteiger partial charge < -0.3 is 10.0 Å². The van der Waals surface area contributed by atoms with E-state index in [2.05, 4.69) is 9.55 Å². The van der Waals surface area contributed by atoms with Crippen LogP contribution in [-0.2, 0) is 4.79 Å². The van der Waals surface area contributed by atoms with Gasteiger partial charge in [-0.3, -0.25) is 14.2 Å². The molecule has 1 aromatic heterocycles. The van der Waals surface area contributed by atoms with Crippen molar-refractivity contribution in [3.05, 3.63) is 59.9 Å². The Balaban J connectivity index is 1.38. The second-order valence-corrected chi connectivity index (χ2v) is 8.28. The van der Waals surface area contributed by atoms with Crippen LogP contribution in [0.2, 0.25) is 0 Å². The highest BCUT2D eigenvalue weighted by Gasteiger charge is 2.59. The average Bonchev–Trinajstić information content (AvgIpc) is 3.33. The minimum Gasteiger partial charge on any atom is -0.481 e. The van der Waals surface area contributed by atoms with E-state index in [4.69, 9.17) is 0 Å². The summed E-state index contributed by atoms with van der Waals surface area (Å²) in [6, 6.07) is 15.8. The number of aromatic nitrogens is 2. The van der Waals surface area contributed by atoms with Gasteiger partial charge in [-0.25, -0.2) is 4.98 Å². The quantitative estimate of drug-likeness (QED) is 0.742. The number of likely N-dealkylation sites (tertiary alicyclic amines) is 1. The van der Waals surface area contributed by atoms with Crippen LogP contribution in [0.5, 0.6) is 0 Å². The molecule has 1 saturated carbocycles. The Hall–Kier alpha value is -3.15. The standard InChI is InChI=1S/C23H23N3O3/c1-15-24-19-13-16(7-8-20(19)26(15)17-5-3-2-4-6-17)21(27)25-11-9-23(10-12-25)14-18(23)22(28)29/h2-8,13,18H,9-12,14H2,1H3,(H,28,29). The molecule has 6 nitrogen and oxygen atoms in total. The number of carboxylic acid groups (broad SMARTS) is 1. The van der Waals surface area contributed by atoms with Crippen LogP contribution >= 0.6 is 0 Å². The lowest BCUT2D eigenvalue weighted by Crippen LogP contribution is -2.40. The maximum absolute atomic E-state index is 13.0. The topological polar surface area (TPSA) is 75.4 Å². The lowest BCUT2D eigenvalue weighted by molar-refractivity contribution is -0.139. The van der Waals surface area contributed by atoms with Gasteiger partial charge in [0, 0.05) is 24.3 Å². The largest absolute Gasteiger partial charge is 0.481 e. The van der Waals surface area contributed by atoms with Crippen molar-refractivity contribution in [1.82, 2.24) is 14.5 Å². The van der Waals surface area contributed by atoms with Gasteiger partial charge in [-0.05, 0) is 61.9 Å². The molecule has 1 atom stereocenters. The van der Waals surface area contributed by atoms with Gasteiger partial charge in [0.1, 0.15) is 5.82 Å². The molecule has 2 fully saturated rings. The maximum atomic E-state index is 13.0. The van der Waals surface area contributed by atoms with Crippen LogP contribution < -0.4 is 0 Å². The van der Waals surface area contributed by atoms with E-state index in [1.165, 1.54) is 0 Å². The molecule has 1 amide bonds. The summed E-state index contributed by atoms with van der Waals surface area (Å²) in [6.07, 6.45) is 2.31. The Bertz CT molecular complexity index is 1110. The highest BCUT2D eigenvalue weighted by atomic mass is 16.4. The minimum atomic E-state index is -0.695. The van der Waals surface area contributed by atoms with Gasteiger partial charge in [0.2, 0.25) is 0 Å². The summed E-state index contributed by atoms with van der Waals surface area (Å²) in [5.74, 6) is -0.0361. The number of carbonyl (C=O) groups is 2. The molecule has 3 aromatic rings. The number of aliphatic carboxylic acids is 1. The van der Waals surface area contributed by atoms with Crippen molar-refractivity contribution in [1.29, 1.82) is 0 Å². The Morgan fingerprint density at radius 1 is 1.10 bits per heavy atom. The van der Waals surface area contributed by atoms with Crippen LogP contribution in [0.4, 0.5) is 0 Å². The normalized spacial score (nSPS) is 20.2. The van der Waals surface area contributed by atoms with Crippen LogP contribution in [0.3, 0.4) is 0 Å². The van der Waals surface area contributed by atoms with Crippen molar-refractivity contribution < 1.29 is 14.7 Å². The lowest BCUT2D eigenvalue weighted by Gasteiger charge is -2.32. The van der Waals surface area contributed by atoms with Gasteiger partial charge in [0.15, 0.2) is 0 Å². The smallest absolute Gasteiger partial charge is 0.307 e. The minimum absolute atomic E-state index is 0.00110. The third-order valence-corrected chi connectivity index (χ3v) is 6.62. The van der Waals surface area contributed by atoms with E-state index >= 15 is 0 Å². The fourth-order valence-corrected chi connectivity index (χ4v) is 4.82. The predicted molar refractivity (Wildman–Crippen MR) is 109 cm³/mol. The van der Waals surface area contributed by atoms with E-state index in [1.54, 1.807) is 0 Å². The molecule has 1 unspecified atom stereocenters. The summed E-state index contributed by atoms with van der Waals surface area (Å²) in [7, 11) is 0. The first-order valence-corrected chi connectivity index (χ1v) is 10.1. The summed E-state index contributed by atoms with van der Waals surface area (Å²) >= 11 is 0. The first-order chi connectivity index (χ1) is 14.0. The molecule has 1 aliphatic carbocycles. The summed E-state index contributed by atoms with van der Waals surface area (Å²) in [5, 5.41) is 9.24. The first kappa shape index (κ1) is 17.9. The Labute approximate surface area is 168 Å². The molecule has 1 saturated heterocycles. The third kappa shape index (κ3) is 2.90. The number of hydrogen-bond acceptors (Lipinski definition) is 3. The predicted octanol–water partition coefficient (Wildman–Crippen LogP) is 3.66. The molecule has 1 spiro atoms. The highest BCUT2D eigenvalue weighted by Crippen LogP contribution is 2.59. The van der Waals surface area contributed by atoms with Gasteiger partial charge in [-0.2, -0.15) is 0 Å². The van der Waals surface area contributed by atoms with E-state index in [0.717, 1.165) is 41.8 Å². The molecule has 2 aromatic carbocycles. The van der Waals surface area contributed by atoms with Gasteiger partial charge in [0.05, 0.1) is 17.0 Å². The van der Waals surface area contributed by atoms with Crippen molar-refractivity contribution in [2.75, 3.05) is 13.1 Å². The van der Waals surface area contributed by atoms with Crippen molar-refractivity contribution in [3.63, 3.8) is 0 Å².